The second kappa shape index (κ2) is 7.54. The molecule has 0 spiro atoms. The molecule has 0 aromatic heterocycles. The van der Waals surface area contributed by atoms with Crippen LogP contribution in [0.15, 0.2) is 35.3 Å². The van der Waals surface area contributed by atoms with Crippen LogP contribution in [0.5, 0.6) is 0 Å². The average molecular weight is 270 g/mol. The Kier molecular flexibility index (Phi) is 5.43. The molecule has 2 N–H and O–H groups in total. The molecule has 0 amide bonds. The van der Waals surface area contributed by atoms with Gasteiger partial charge in [-0.15, -0.1) is 0 Å². The first kappa shape index (κ1) is 14.4. The van der Waals surface area contributed by atoms with Gasteiger partial charge in [0.2, 0.25) is 0 Å². The van der Waals surface area contributed by atoms with Gasteiger partial charge >= 0.3 is 0 Å². The van der Waals surface area contributed by atoms with E-state index in [2.05, 4.69) is 11.1 Å². The first-order chi connectivity index (χ1) is 9.81. The summed E-state index contributed by atoms with van der Waals surface area (Å²) in [6.07, 6.45) is 6.48. The standard InChI is InChI=1S/C16H22N4/c17-12-7-13-20(15-10-5-2-6-11-15)16(18)19-14-8-3-1-4-9-14/h2,5-6,10-11,14H,1,3-4,7-9,13H2,(H2,18,19). The molecule has 0 bridgehead atoms. The molecule has 1 aromatic carbocycles. The summed E-state index contributed by atoms with van der Waals surface area (Å²) in [5.41, 5.74) is 7.19. The summed E-state index contributed by atoms with van der Waals surface area (Å²) >= 11 is 0. The number of guanidine groups is 1. The predicted octanol–water partition coefficient (Wildman–Crippen LogP) is 3.05. The van der Waals surface area contributed by atoms with Gasteiger partial charge in [0.15, 0.2) is 5.96 Å². The Hall–Kier alpha value is -2.02. The number of hydrogen-bond acceptors (Lipinski definition) is 2. The lowest BCUT2D eigenvalue weighted by Crippen LogP contribution is -2.39. The predicted molar refractivity (Wildman–Crippen MR) is 82.5 cm³/mol. The maximum absolute atomic E-state index is 8.81. The molecule has 0 aliphatic heterocycles. The molecule has 4 heteroatoms. The lowest BCUT2D eigenvalue weighted by atomic mass is 9.96. The van der Waals surface area contributed by atoms with Gasteiger partial charge in [0.05, 0.1) is 18.5 Å². The molecule has 0 heterocycles. The molecule has 2 rings (SSSR count). The van der Waals surface area contributed by atoms with Crippen molar-refractivity contribution in [3.63, 3.8) is 0 Å². The number of hydrogen-bond donors (Lipinski definition) is 1. The van der Waals surface area contributed by atoms with Gasteiger partial charge < -0.3 is 10.6 Å². The van der Waals surface area contributed by atoms with Crippen molar-refractivity contribution in [2.75, 3.05) is 11.4 Å². The number of anilines is 1. The van der Waals surface area contributed by atoms with Crippen LogP contribution < -0.4 is 10.6 Å². The Bertz CT molecular complexity index is 469. The molecule has 0 atom stereocenters. The molecule has 4 nitrogen and oxygen atoms in total. The van der Waals surface area contributed by atoms with Crippen molar-refractivity contribution in [3.8, 4) is 6.07 Å². The quantitative estimate of drug-likeness (QED) is 0.675. The van der Waals surface area contributed by atoms with Crippen molar-refractivity contribution in [2.24, 2.45) is 10.7 Å². The highest BCUT2D eigenvalue weighted by molar-refractivity contribution is 5.94. The van der Waals surface area contributed by atoms with E-state index in [-0.39, 0.29) is 0 Å². The monoisotopic (exact) mass is 270 g/mol. The Morgan fingerprint density at radius 2 is 1.95 bits per heavy atom. The van der Waals surface area contributed by atoms with Crippen LogP contribution in [0.2, 0.25) is 0 Å². The number of benzene rings is 1. The summed E-state index contributed by atoms with van der Waals surface area (Å²) < 4.78 is 0. The van der Waals surface area contributed by atoms with Crippen LogP contribution >= 0.6 is 0 Å². The summed E-state index contributed by atoms with van der Waals surface area (Å²) in [5.74, 6) is 0.540. The third-order valence-electron chi connectivity index (χ3n) is 3.68. The van der Waals surface area contributed by atoms with Gasteiger partial charge in [-0.2, -0.15) is 5.26 Å². The highest BCUT2D eigenvalue weighted by atomic mass is 15.3. The molecular weight excluding hydrogens is 248 g/mol. The largest absolute Gasteiger partial charge is 0.370 e. The highest BCUT2D eigenvalue weighted by Gasteiger charge is 2.15. The minimum Gasteiger partial charge on any atom is -0.370 e. The van der Waals surface area contributed by atoms with Crippen LogP contribution in [0, 0.1) is 11.3 Å². The lowest BCUT2D eigenvalue weighted by Gasteiger charge is -2.25. The average Bonchev–Trinajstić information content (AvgIpc) is 2.50. The Morgan fingerprint density at radius 3 is 2.60 bits per heavy atom. The molecule has 1 aliphatic rings. The third kappa shape index (κ3) is 3.99. The van der Waals surface area contributed by atoms with Gasteiger partial charge in [0.25, 0.3) is 0 Å². The maximum Gasteiger partial charge on any atom is 0.196 e. The Balaban J connectivity index is 2.13. The number of rotatable bonds is 4. The van der Waals surface area contributed by atoms with E-state index < -0.39 is 0 Å². The molecule has 106 valence electrons. The van der Waals surface area contributed by atoms with Gasteiger partial charge in [-0.05, 0) is 25.0 Å². The van der Waals surface area contributed by atoms with Crippen molar-refractivity contribution < 1.29 is 0 Å². The molecule has 0 saturated heterocycles. The zero-order valence-corrected chi connectivity index (χ0v) is 11.8. The van der Waals surface area contributed by atoms with Crippen molar-refractivity contribution in [1.82, 2.24) is 0 Å². The molecule has 1 saturated carbocycles. The molecule has 0 unspecified atom stereocenters. The van der Waals surface area contributed by atoms with E-state index in [1.165, 1.54) is 19.3 Å². The van der Waals surface area contributed by atoms with E-state index in [9.17, 15) is 0 Å². The van der Waals surface area contributed by atoms with Crippen molar-refractivity contribution in [2.45, 2.75) is 44.6 Å². The van der Waals surface area contributed by atoms with Gasteiger partial charge in [0, 0.05) is 12.2 Å². The van der Waals surface area contributed by atoms with Crippen molar-refractivity contribution >= 4 is 11.6 Å². The topological polar surface area (TPSA) is 65.4 Å². The van der Waals surface area contributed by atoms with Gasteiger partial charge in [0.1, 0.15) is 0 Å². The van der Waals surface area contributed by atoms with Crippen molar-refractivity contribution in [1.29, 1.82) is 5.26 Å². The smallest absolute Gasteiger partial charge is 0.196 e. The SMILES string of the molecule is N#CCCN(C(N)=NC1CCCCC1)c1ccccc1. The molecule has 1 fully saturated rings. The zero-order valence-electron chi connectivity index (χ0n) is 11.8. The Morgan fingerprint density at radius 1 is 1.25 bits per heavy atom. The fourth-order valence-electron chi connectivity index (χ4n) is 2.61. The van der Waals surface area contributed by atoms with Crippen LogP contribution in [0.1, 0.15) is 38.5 Å². The summed E-state index contributed by atoms with van der Waals surface area (Å²) in [6, 6.07) is 12.4. The minimum absolute atomic E-state index is 0.344. The van der Waals surface area contributed by atoms with Crippen LogP contribution in [-0.4, -0.2) is 18.5 Å². The number of nitrogens with zero attached hydrogens (tertiary/aromatic N) is 3. The van der Waals surface area contributed by atoms with Crippen LogP contribution in [0.3, 0.4) is 0 Å². The van der Waals surface area contributed by atoms with Gasteiger partial charge in [-0.1, -0.05) is 37.5 Å². The Labute approximate surface area is 120 Å². The number of para-hydroxylation sites is 1. The fourth-order valence-corrected chi connectivity index (χ4v) is 2.61. The first-order valence-corrected chi connectivity index (χ1v) is 7.34. The summed E-state index contributed by atoms with van der Waals surface area (Å²) in [7, 11) is 0. The van der Waals surface area contributed by atoms with Gasteiger partial charge in [-0.25, -0.2) is 4.99 Å². The maximum atomic E-state index is 8.81. The molecule has 0 radical (unpaired) electrons. The molecule has 20 heavy (non-hydrogen) atoms. The molecular formula is C16H22N4. The number of nitriles is 1. The summed E-state index contributed by atoms with van der Waals surface area (Å²) in [5, 5.41) is 8.81. The van der Waals surface area contributed by atoms with E-state index in [1.807, 2.05) is 35.2 Å². The van der Waals surface area contributed by atoms with Crippen molar-refractivity contribution in [3.05, 3.63) is 30.3 Å². The molecule has 1 aliphatic carbocycles. The second-order valence-corrected chi connectivity index (χ2v) is 5.17. The van der Waals surface area contributed by atoms with E-state index in [0.717, 1.165) is 18.5 Å². The highest BCUT2D eigenvalue weighted by Crippen LogP contribution is 2.21. The number of aliphatic imine (C=N–C) groups is 1. The first-order valence-electron chi connectivity index (χ1n) is 7.34. The van der Waals surface area contributed by atoms with Gasteiger partial charge in [-0.3, -0.25) is 0 Å². The van der Waals surface area contributed by atoms with Crippen LogP contribution in [0.4, 0.5) is 5.69 Å². The van der Waals surface area contributed by atoms with Crippen LogP contribution in [-0.2, 0) is 0 Å². The third-order valence-corrected chi connectivity index (χ3v) is 3.68. The number of nitrogens with two attached hydrogens (primary N) is 1. The van der Waals surface area contributed by atoms with E-state index in [1.54, 1.807) is 0 Å². The van der Waals surface area contributed by atoms with E-state index >= 15 is 0 Å². The molecule has 1 aromatic rings. The second-order valence-electron chi connectivity index (χ2n) is 5.17. The fraction of sp³-hybridized carbons (Fsp3) is 0.500. The summed E-state index contributed by atoms with van der Waals surface area (Å²) in [6.45, 7) is 0.586. The summed E-state index contributed by atoms with van der Waals surface area (Å²) in [4.78, 5) is 6.62. The van der Waals surface area contributed by atoms with Crippen LogP contribution in [0.25, 0.3) is 0 Å². The van der Waals surface area contributed by atoms with E-state index in [4.69, 9.17) is 11.0 Å². The van der Waals surface area contributed by atoms with E-state index in [0.29, 0.717) is 25.0 Å². The minimum atomic E-state index is 0.344. The zero-order chi connectivity index (χ0) is 14.2. The lowest BCUT2D eigenvalue weighted by molar-refractivity contribution is 0.442. The normalized spacial score (nSPS) is 16.6.